The summed E-state index contributed by atoms with van der Waals surface area (Å²) < 4.78 is 14.5. The first-order valence-electron chi connectivity index (χ1n) is 12.3. The molecule has 2 heterocycles. The molecule has 0 radical (unpaired) electrons. The molecule has 3 aliphatic rings. The average Bonchev–Trinajstić information content (AvgIpc) is 3.43. The number of Topliss-reactive ketones (excluding diaryl/α,β-unsaturated/α-hetero) is 1. The number of hydrogen-bond donors (Lipinski definition) is 0. The fourth-order valence-corrected chi connectivity index (χ4v) is 5.83. The van der Waals surface area contributed by atoms with Crippen LogP contribution in [0.5, 0.6) is 0 Å². The van der Waals surface area contributed by atoms with Crippen molar-refractivity contribution >= 4 is 11.7 Å². The maximum absolute atomic E-state index is 14.5. The third-order valence-corrected chi connectivity index (χ3v) is 7.89. The Morgan fingerprint density at radius 2 is 1.72 bits per heavy atom. The molecule has 2 atom stereocenters. The van der Waals surface area contributed by atoms with E-state index in [1.54, 1.807) is 6.07 Å². The van der Waals surface area contributed by atoms with E-state index in [-0.39, 0.29) is 29.5 Å². The highest BCUT2D eigenvalue weighted by molar-refractivity contribution is 5.84. The van der Waals surface area contributed by atoms with Gasteiger partial charge in [0.25, 0.3) is 0 Å². The number of benzene rings is 1. The van der Waals surface area contributed by atoms with Crippen LogP contribution in [0, 0.1) is 24.6 Å². The number of nitrogens with zero attached hydrogens (tertiary/aromatic N) is 3. The van der Waals surface area contributed by atoms with Gasteiger partial charge in [-0.3, -0.25) is 14.5 Å². The summed E-state index contributed by atoms with van der Waals surface area (Å²) in [6.07, 6.45) is 5.63. The SMILES string of the molecule is Cc1c(CC(=O)[C@H]2CCN(C)C2)cc(F)cc1CN1CCN(C(=O)C2CCCC2)[C@@H](C)C1. The average molecular weight is 444 g/mol. The topological polar surface area (TPSA) is 43.9 Å². The highest BCUT2D eigenvalue weighted by Gasteiger charge is 2.33. The van der Waals surface area contributed by atoms with Gasteiger partial charge < -0.3 is 9.80 Å². The van der Waals surface area contributed by atoms with E-state index in [2.05, 4.69) is 21.6 Å². The summed E-state index contributed by atoms with van der Waals surface area (Å²) in [6, 6.07) is 3.33. The summed E-state index contributed by atoms with van der Waals surface area (Å²) in [7, 11) is 2.04. The van der Waals surface area contributed by atoms with E-state index < -0.39 is 0 Å². The fourth-order valence-electron chi connectivity index (χ4n) is 5.83. The van der Waals surface area contributed by atoms with Crippen molar-refractivity contribution in [2.24, 2.45) is 11.8 Å². The Bertz CT molecular complexity index is 852. The Morgan fingerprint density at radius 3 is 2.38 bits per heavy atom. The van der Waals surface area contributed by atoms with Gasteiger partial charge in [0.2, 0.25) is 5.91 Å². The van der Waals surface area contributed by atoms with Crippen LogP contribution in [0.25, 0.3) is 0 Å². The Kier molecular flexibility index (Phi) is 7.30. The Morgan fingerprint density at radius 1 is 1.00 bits per heavy atom. The lowest BCUT2D eigenvalue weighted by Crippen LogP contribution is -2.54. The van der Waals surface area contributed by atoms with Gasteiger partial charge in [-0.2, -0.15) is 0 Å². The zero-order valence-electron chi connectivity index (χ0n) is 19.9. The molecule has 1 aliphatic carbocycles. The minimum Gasteiger partial charge on any atom is -0.337 e. The number of piperazine rings is 1. The number of carbonyl (C=O) groups is 2. The standard InChI is InChI=1S/C26H38FN3O2/c1-18-15-29(10-11-30(18)26(32)20-6-4-5-7-20)17-23-13-24(27)12-22(19(23)2)14-25(31)21-8-9-28(3)16-21/h12-13,18,20-21H,4-11,14-17H2,1-3H3/t18-,21-/m0/s1. The second kappa shape index (κ2) is 10.0. The number of carbonyl (C=O) groups excluding carboxylic acids is 2. The minimum atomic E-state index is -0.264. The first kappa shape index (κ1) is 23.4. The number of hydrogen-bond acceptors (Lipinski definition) is 4. The molecule has 5 nitrogen and oxygen atoms in total. The molecule has 1 amide bonds. The van der Waals surface area contributed by atoms with Crippen LogP contribution in [0.3, 0.4) is 0 Å². The van der Waals surface area contributed by atoms with Crippen LogP contribution in [0.4, 0.5) is 4.39 Å². The molecule has 32 heavy (non-hydrogen) atoms. The van der Waals surface area contributed by atoms with Crippen molar-refractivity contribution in [3.63, 3.8) is 0 Å². The zero-order chi connectivity index (χ0) is 22.8. The third kappa shape index (κ3) is 5.23. The smallest absolute Gasteiger partial charge is 0.226 e. The number of halogens is 1. The molecular formula is C26H38FN3O2. The van der Waals surface area contributed by atoms with Crippen LogP contribution in [0.2, 0.25) is 0 Å². The maximum atomic E-state index is 14.5. The van der Waals surface area contributed by atoms with Crippen molar-refractivity contribution < 1.29 is 14.0 Å². The van der Waals surface area contributed by atoms with Crippen LogP contribution in [0.1, 0.15) is 55.7 Å². The lowest BCUT2D eigenvalue weighted by molar-refractivity contribution is -0.140. The summed E-state index contributed by atoms with van der Waals surface area (Å²) in [5, 5.41) is 0. The van der Waals surface area contributed by atoms with Crippen molar-refractivity contribution in [1.29, 1.82) is 0 Å². The molecule has 176 valence electrons. The number of rotatable bonds is 6. The van der Waals surface area contributed by atoms with Gasteiger partial charge in [0, 0.05) is 57.0 Å². The quantitative estimate of drug-likeness (QED) is 0.676. The highest BCUT2D eigenvalue weighted by Crippen LogP contribution is 2.29. The molecule has 1 aromatic rings. The van der Waals surface area contributed by atoms with E-state index in [4.69, 9.17) is 0 Å². The molecule has 4 rings (SSSR count). The number of likely N-dealkylation sites (tertiary alicyclic amines) is 1. The van der Waals surface area contributed by atoms with Crippen LogP contribution >= 0.6 is 0 Å². The second-order valence-electron chi connectivity index (χ2n) is 10.3. The van der Waals surface area contributed by atoms with Crippen LogP contribution < -0.4 is 0 Å². The normalized spacial score (nSPS) is 25.6. The van der Waals surface area contributed by atoms with Crippen molar-refractivity contribution in [2.75, 3.05) is 39.8 Å². The Balaban J connectivity index is 1.39. The van der Waals surface area contributed by atoms with Crippen LogP contribution in [-0.4, -0.2) is 72.2 Å². The van der Waals surface area contributed by atoms with E-state index in [1.807, 2.05) is 14.0 Å². The predicted molar refractivity (Wildman–Crippen MR) is 124 cm³/mol. The van der Waals surface area contributed by atoms with Gasteiger partial charge in [-0.05, 0) is 75.5 Å². The Labute approximate surface area is 191 Å². The molecule has 3 fully saturated rings. The van der Waals surface area contributed by atoms with Crippen molar-refractivity contribution in [2.45, 2.75) is 65.0 Å². The van der Waals surface area contributed by atoms with Crippen molar-refractivity contribution in [3.8, 4) is 0 Å². The van der Waals surface area contributed by atoms with E-state index in [1.165, 1.54) is 18.9 Å². The Hall–Kier alpha value is -1.79. The molecule has 2 aliphatic heterocycles. The highest BCUT2D eigenvalue weighted by atomic mass is 19.1. The molecule has 0 unspecified atom stereocenters. The summed E-state index contributed by atoms with van der Waals surface area (Å²) in [6.45, 7) is 8.91. The molecule has 0 spiro atoms. The summed E-state index contributed by atoms with van der Waals surface area (Å²) >= 11 is 0. The van der Waals surface area contributed by atoms with Gasteiger partial charge in [-0.1, -0.05) is 12.8 Å². The molecule has 1 aromatic carbocycles. The molecule has 0 aromatic heterocycles. The lowest BCUT2D eigenvalue weighted by Gasteiger charge is -2.41. The number of ketones is 1. The molecular weight excluding hydrogens is 405 g/mol. The zero-order valence-corrected chi connectivity index (χ0v) is 19.9. The van der Waals surface area contributed by atoms with Crippen molar-refractivity contribution in [3.05, 3.63) is 34.6 Å². The molecule has 2 saturated heterocycles. The minimum absolute atomic E-state index is 0.0671. The van der Waals surface area contributed by atoms with E-state index in [0.717, 1.165) is 68.7 Å². The monoisotopic (exact) mass is 443 g/mol. The van der Waals surface area contributed by atoms with E-state index in [9.17, 15) is 14.0 Å². The molecule has 0 bridgehead atoms. The third-order valence-electron chi connectivity index (χ3n) is 7.89. The van der Waals surface area contributed by atoms with Gasteiger partial charge >= 0.3 is 0 Å². The van der Waals surface area contributed by atoms with Gasteiger partial charge in [-0.25, -0.2) is 4.39 Å². The van der Waals surface area contributed by atoms with Gasteiger partial charge in [0.15, 0.2) is 0 Å². The fraction of sp³-hybridized carbons (Fsp3) is 0.692. The molecule has 1 saturated carbocycles. The largest absolute Gasteiger partial charge is 0.337 e. The lowest BCUT2D eigenvalue weighted by atomic mass is 9.92. The second-order valence-corrected chi connectivity index (χ2v) is 10.3. The summed E-state index contributed by atoms with van der Waals surface area (Å²) in [5.41, 5.74) is 2.81. The van der Waals surface area contributed by atoms with Gasteiger partial charge in [0.05, 0.1) is 0 Å². The van der Waals surface area contributed by atoms with E-state index >= 15 is 0 Å². The van der Waals surface area contributed by atoms with Gasteiger partial charge in [-0.15, -0.1) is 0 Å². The van der Waals surface area contributed by atoms with Crippen LogP contribution in [-0.2, 0) is 22.6 Å². The number of amides is 1. The summed E-state index contributed by atoms with van der Waals surface area (Å²) in [4.78, 5) is 32.2. The van der Waals surface area contributed by atoms with Crippen LogP contribution in [0.15, 0.2) is 12.1 Å². The molecule has 6 heteroatoms. The first-order valence-corrected chi connectivity index (χ1v) is 12.3. The van der Waals surface area contributed by atoms with Gasteiger partial charge in [0.1, 0.15) is 11.6 Å². The summed E-state index contributed by atoms with van der Waals surface area (Å²) in [5.74, 6) is 0.573. The maximum Gasteiger partial charge on any atom is 0.226 e. The van der Waals surface area contributed by atoms with E-state index in [0.29, 0.717) is 18.9 Å². The first-order chi connectivity index (χ1) is 15.3. The van der Waals surface area contributed by atoms with Crippen molar-refractivity contribution in [1.82, 2.24) is 14.7 Å². The predicted octanol–water partition coefficient (Wildman–Crippen LogP) is 3.42. The molecule has 0 N–H and O–H groups in total.